The van der Waals surface area contributed by atoms with Crippen molar-refractivity contribution in [2.24, 2.45) is 11.3 Å². The molecule has 0 amide bonds. The minimum absolute atomic E-state index is 0.0328. The highest BCUT2D eigenvalue weighted by Gasteiger charge is 2.23. The average Bonchev–Trinajstić information content (AvgIpc) is 2.14. The van der Waals surface area contributed by atoms with Crippen LogP contribution in [0.1, 0.15) is 65.7 Å². The molecular formula is C13H26O. The van der Waals surface area contributed by atoms with Crippen molar-refractivity contribution >= 4 is 0 Å². The Kier molecular flexibility index (Phi) is 4.43. The van der Waals surface area contributed by atoms with Crippen LogP contribution in [0.25, 0.3) is 0 Å². The van der Waals surface area contributed by atoms with Gasteiger partial charge in [0.05, 0.1) is 6.10 Å². The molecule has 1 nitrogen and oxygen atoms in total. The summed E-state index contributed by atoms with van der Waals surface area (Å²) in [6.45, 7) is 6.75. The second-order valence-electron chi connectivity index (χ2n) is 6.06. The molecule has 1 aliphatic carbocycles. The molecule has 1 fully saturated rings. The Morgan fingerprint density at radius 1 is 1.14 bits per heavy atom. The maximum absolute atomic E-state index is 10.0. The van der Waals surface area contributed by atoms with Crippen molar-refractivity contribution in [2.75, 3.05) is 0 Å². The number of hydrogen-bond donors (Lipinski definition) is 1. The number of hydrogen-bond acceptors (Lipinski definition) is 1. The highest BCUT2D eigenvalue weighted by Crippen LogP contribution is 2.30. The third kappa shape index (κ3) is 4.45. The van der Waals surface area contributed by atoms with Gasteiger partial charge in [-0.3, -0.25) is 0 Å². The lowest BCUT2D eigenvalue weighted by Crippen LogP contribution is -2.24. The van der Waals surface area contributed by atoms with E-state index in [1.54, 1.807) is 0 Å². The Hall–Kier alpha value is -0.0400. The van der Waals surface area contributed by atoms with Crippen LogP contribution in [0, 0.1) is 11.3 Å². The lowest BCUT2D eigenvalue weighted by molar-refractivity contribution is 0.0667. The van der Waals surface area contributed by atoms with Gasteiger partial charge in [0, 0.05) is 0 Å². The fourth-order valence-electron chi connectivity index (χ4n) is 2.34. The largest absolute Gasteiger partial charge is 0.393 e. The van der Waals surface area contributed by atoms with Crippen LogP contribution in [0.3, 0.4) is 0 Å². The van der Waals surface area contributed by atoms with Crippen molar-refractivity contribution < 1.29 is 5.11 Å². The van der Waals surface area contributed by atoms with Gasteiger partial charge < -0.3 is 5.11 Å². The van der Waals surface area contributed by atoms with E-state index >= 15 is 0 Å². The lowest BCUT2D eigenvalue weighted by Gasteiger charge is -2.28. The Morgan fingerprint density at radius 2 is 1.71 bits per heavy atom. The van der Waals surface area contributed by atoms with Crippen molar-refractivity contribution in [3.8, 4) is 0 Å². The molecule has 0 radical (unpaired) electrons. The first-order chi connectivity index (χ1) is 6.49. The zero-order chi connectivity index (χ0) is 10.6. The molecule has 0 unspecified atom stereocenters. The SMILES string of the molecule is CC(C)(C)CC[C@@H](O)C1CCCCC1. The van der Waals surface area contributed by atoms with E-state index in [4.69, 9.17) is 0 Å². The maximum Gasteiger partial charge on any atom is 0.0568 e. The molecule has 1 atom stereocenters. The molecule has 0 heterocycles. The molecule has 1 aliphatic rings. The Morgan fingerprint density at radius 3 is 2.21 bits per heavy atom. The topological polar surface area (TPSA) is 20.2 Å². The minimum Gasteiger partial charge on any atom is -0.393 e. The highest BCUT2D eigenvalue weighted by molar-refractivity contribution is 4.75. The summed E-state index contributed by atoms with van der Waals surface area (Å²) in [7, 11) is 0. The van der Waals surface area contributed by atoms with E-state index in [9.17, 15) is 5.11 Å². The summed E-state index contributed by atoms with van der Waals surface area (Å²) in [4.78, 5) is 0. The summed E-state index contributed by atoms with van der Waals surface area (Å²) in [5.74, 6) is 0.603. The Labute approximate surface area is 88.9 Å². The van der Waals surface area contributed by atoms with Crippen LogP contribution in [0.15, 0.2) is 0 Å². The third-order valence-corrected chi connectivity index (χ3v) is 3.38. The smallest absolute Gasteiger partial charge is 0.0568 e. The van der Waals surface area contributed by atoms with Crippen LogP contribution in [0.2, 0.25) is 0 Å². The molecule has 84 valence electrons. The number of aliphatic hydroxyl groups excluding tert-OH is 1. The van der Waals surface area contributed by atoms with Gasteiger partial charge in [-0.2, -0.15) is 0 Å². The normalized spacial score (nSPS) is 22.3. The lowest BCUT2D eigenvalue weighted by atomic mass is 9.81. The molecule has 14 heavy (non-hydrogen) atoms. The van der Waals surface area contributed by atoms with E-state index in [1.165, 1.54) is 32.1 Å². The number of aliphatic hydroxyl groups is 1. The van der Waals surface area contributed by atoms with Crippen LogP contribution < -0.4 is 0 Å². The summed E-state index contributed by atoms with van der Waals surface area (Å²) in [5.41, 5.74) is 0.371. The molecule has 1 N–H and O–H groups in total. The first-order valence-electron chi connectivity index (χ1n) is 6.17. The molecule has 0 aromatic rings. The standard InChI is InChI=1S/C13H26O/c1-13(2,3)10-9-12(14)11-7-5-4-6-8-11/h11-12,14H,4-10H2,1-3H3/t12-/m1/s1. The van der Waals surface area contributed by atoms with Crippen LogP contribution in [-0.4, -0.2) is 11.2 Å². The molecule has 0 aromatic heterocycles. The van der Waals surface area contributed by atoms with E-state index in [-0.39, 0.29) is 6.10 Å². The van der Waals surface area contributed by atoms with Crippen molar-refractivity contribution in [2.45, 2.75) is 71.8 Å². The van der Waals surface area contributed by atoms with Gasteiger partial charge >= 0.3 is 0 Å². The summed E-state index contributed by atoms with van der Waals surface area (Å²) in [6.07, 6.45) is 8.65. The Bertz CT molecular complexity index is 151. The predicted octanol–water partition coefficient (Wildman–Crippen LogP) is 3.75. The second-order valence-corrected chi connectivity index (χ2v) is 6.06. The van der Waals surface area contributed by atoms with Crippen LogP contribution in [-0.2, 0) is 0 Å². The van der Waals surface area contributed by atoms with Gasteiger partial charge in [-0.25, -0.2) is 0 Å². The van der Waals surface area contributed by atoms with Gasteiger partial charge in [-0.15, -0.1) is 0 Å². The van der Waals surface area contributed by atoms with Gasteiger partial charge in [0.1, 0.15) is 0 Å². The molecule has 1 rings (SSSR count). The third-order valence-electron chi connectivity index (χ3n) is 3.38. The van der Waals surface area contributed by atoms with Gasteiger partial charge in [0.15, 0.2) is 0 Å². The van der Waals surface area contributed by atoms with Crippen molar-refractivity contribution in [1.82, 2.24) is 0 Å². The van der Waals surface area contributed by atoms with Gasteiger partial charge in [-0.1, -0.05) is 40.0 Å². The van der Waals surface area contributed by atoms with Crippen LogP contribution >= 0.6 is 0 Å². The van der Waals surface area contributed by atoms with E-state index in [2.05, 4.69) is 20.8 Å². The second kappa shape index (κ2) is 5.16. The summed E-state index contributed by atoms with van der Waals surface area (Å²) in [6, 6.07) is 0. The fourth-order valence-corrected chi connectivity index (χ4v) is 2.34. The molecule has 1 heteroatoms. The van der Waals surface area contributed by atoms with E-state index < -0.39 is 0 Å². The molecular weight excluding hydrogens is 172 g/mol. The average molecular weight is 198 g/mol. The summed E-state index contributed by atoms with van der Waals surface area (Å²) >= 11 is 0. The fraction of sp³-hybridized carbons (Fsp3) is 1.00. The van der Waals surface area contributed by atoms with Crippen LogP contribution in [0.5, 0.6) is 0 Å². The first-order valence-corrected chi connectivity index (χ1v) is 6.17. The van der Waals surface area contributed by atoms with Gasteiger partial charge in [0.2, 0.25) is 0 Å². The zero-order valence-corrected chi connectivity index (χ0v) is 10.1. The number of rotatable bonds is 3. The predicted molar refractivity (Wildman–Crippen MR) is 61.3 cm³/mol. The van der Waals surface area contributed by atoms with E-state index in [0.29, 0.717) is 11.3 Å². The zero-order valence-electron chi connectivity index (χ0n) is 10.1. The molecule has 0 bridgehead atoms. The van der Waals surface area contributed by atoms with Crippen molar-refractivity contribution in [3.63, 3.8) is 0 Å². The van der Waals surface area contributed by atoms with E-state index in [1.807, 2.05) is 0 Å². The Balaban J connectivity index is 2.23. The summed E-state index contributed by atoms with van der Waals surface area (Å²) in [5, 5.41) is 10.0. The van der Waals surface area contributed by atoms with Crippen molar-refractivity contribution in [3.05, 3.63) is 0 Å². The summed E-state index contributed by atoms with van der Waals surface area (Å²) < 4.78 is 0. The van der Waals surface area contributed by atoms with Gasteiger partial charge in [-0.05, 0) is 37.0 Å². The molecule has 0 aromatic carbocycles. The molecule has 1 saturated carbocycles. The molecule has 0 aliphatic heterocycles. The monoisotopic (exact) mass is 198 g/mol. The molecule has 0 spiro atoms. The first kappa shape index (κ1) is 12.0. The highest BCUT2D eigenvalue weighted by atomic mass is 16.3. The quantitative estimate of drug-likeness (QED) is 0.732. The van der Waals surface area contributed by atoms with Crippen LogP contribution in [0.4, 0.5) is 0 Å². The minimum atomic E-state index is -0.0328. The van der Waals surface area contributed by atoms with E-state index in [0.717, 1.165) is 12.8 Å². The van der Waals surface area contributed by atoms with Crippen molar-refractivity contribution in [1.29, 1.82) is 0 Å². The van der Waals surface area contributed by atoms with Gasteiger partial charge in [0.25, 0.3) is 0 Å². The molecule has 0 saturated heterocycles. The maximum atomic E-state index is 10.0.